The van der Waals surface area contributed by atoms with Crippen LogP contribution in [0.3, 0.4) is 0 Å². The van der Waals surface area contributed by atoms with Crippen LogP contribution in [0.1, 0.15) is 27.2 Å². The van der Waals surface area contributed by atoms with E-state index < -0.39 is 11.1 Å². The van der Waals surface area contributed by atoms with E-state index in [0.29, 0.717) is 35.0 Å². The highest BCUT2D eigenvalue weighted by atomic mass is 16.3. The molecule has 2 unspecified atom stereocenters. The summed E-state index contributed by atoms with van der Waals surface area (Å²) in [6, 6.07) is 26.2. The molecule has 0 amide bonds. The summed E-state index contributed by atoms with van der Waals surface area (Å²) in [4.78, 5) is 27.4. The maximum atomic E-state index is 13.8. The lowest BCUT2D eigenvalue weighted by atomic mass is 9.72. The molecule has 1 aliphatic heterocycles. The van der Waals surface area contributed by atoms with Crippen LogP contribution >= 0.6 is 0 Å². The molecule has 4 heteroatoms. The number of pyridine rings is 1. The Bertz CT molecular complexity index is 1400. The van der Waals surface area contributed by atoms with Crippen molar-refractivity contribution in [2.75, 3.05) is 0 Å². The van der Waals surface area contributed by atoms with Gasteiger partial charge in [0.25, 0.3) is 5.56 Å². The molecule has 4 aromatic rings. The summed E-state index contributed by atoms with van der Waals surface area (Å²) >= 11 is 0. The molecule has 30 heavy (non-hydrogen) atoms. The van der Waals surface area contributed by atoms with Crippen molar-refractivity contribution in [1.29, 1.82) is 0 Å². The fourth-order valence-electron chi connectivity index (χ4n) is 5.51. The van der Waals surface area contributed by atoms with Crippen LogP contribution in [0.5, 0.6) is 0 Å². The Balaban J connectivity index is 1.70. The quantitative estimate of drug-likeness (QED) is 0.565. The van der Waals surface area contributed by atoms with Crippen molar-refractivity contribution < 1.29 is 9.90 Å². The number of Topliss-reactive ketones (excluding diaryl/α,β-unsaturated/α-hetero) is 1. The predicted octanol–water partition coefficient (Wildman–Crippen LogP) is 3.68. The summed E-state index contributed by atoms with van der Waals surface area (Å²) in [5.74, 6) is -0.100. The van der Waals surface area contributed by atoms with Crippen molar-refractivity contribution in [2.24, 2.45) is 5.41 Å². The second-order valence-electron chi connectivity index (χ2n) is 8.33. The minimum Gasteiger partial charge on any atom is -0.366 e. The number of ketones is 1. The van der Waals surface area contributed by atoms with Crippen LogP contribution in [0, 0.1) is 5.41 Å². The molecule has 1 aliphatic carbocycles. The standard InChI is InChI=1S/C26H19NO3/c28-23-21-12-6-7-13-22(21)26(30)25(23,15-17-8-2-1-3-9-17)16-19-14-18-10-4-5-11-20(18)24(29)27(19)26/h1-14,30H,15-16H2. The fourth-order valence-corrected chi connectivity index (χ4v) is 5.51. The van der Waals surface area contributed by atoms with Gasteiger partial charge in [0.05, 0.1) is 5.41 Å². The number of rotatable bonds is 2. The Morgan fingerprint density at radius 2 is 1.57 bits per heavy atom. The highest BCUT2D eigenvalue weighted by Gasteiger charge is 2.68. The zero-order valence-corrected chi connectivity index (χ0v) is 16.2. The molecule has 0 bridgehead atoms. The van der Waals surface area contributed by atoms with Crippen molar-refractivity contribution in [1.82, 2.24) is 4.57 Å². The summed E-state index contributed by atoms with van der Waals surface area (Å²) in [5, 5.41) is 13.7. The SMILES string of the molecule is O=C1c2ccccc2C2(O)n3c(cc4ccccc4c3=O)CC12Cc1ccccc1. The van der Waals surface area contributed by atoms with Gasteiger partial charge >= 0.3 is 0 Å². The van der Waals surface area contributed by atoms with E-state index in [-0.39, 0.29) is 11.3 Å². The number of hydrogen-bond acceptors (Lipinski definition) is 3. The van der Waals surface area contributed by atoms with Crippen LogP contribution in [-0.4, -0.2) is 15.5 Å². The summed E-state index contributed by atoms with van der Waals surface area (Å²) in [6.45, 7) is 0. The molecule has 2 heterocycles. The van der Waals surface area contributed by atoms with Gasteiger partial charge < -0.3 is 5.11 Å². The molecule has 1 aromatic heterocycles. The molecule has 2 aliphatic rings. The number of fused-ring (bicyclic) bond motifs is 6. The zero-order chi connectivity index (χ0) is 20.5. The summed E-state index contributed by atoms with van der Waals surface area (Å²) in [7, 11) is 0. The Morgan fingerprint density at radius 3 is 2.40 bits per heavy atom. The van der Waals surface area contributed by atoms with Crippen LogP contribution in [0.15, 0.2) is 89.7 Å². The average molecular weight is 393 g/mol. The van der Waals surface area contributed by atoms with Gasteiger partial charge in [0.15, 0.2) is 11.5 Å². The first-order valence-corrected chi connectivity index (χ1v) is 10.1. The van der Waals surface area contributed by atoms with Crippen LogP contribution < -0.4 is 5.56 Å². The van der Waals surface area contributed by atoms with Gasteiger partial charge in [-0.05, 0) is 29.5 Å². The first-order chi connectivity index (χ1) is 14.6. The Morgan fingerprint density at radius 1 is 0.867 bits per heavy atom. The average Bonchev–Trinajstić information content (AvgIpc) is 3.12. The zero-order valence-electron chi connectivity index (χ0n) is 16.2. The topological polar surface area (TPSA) is 59.3 Å². The third kappa shape index (κ3) is 1.94. The minimum absolute atomic E-state index is 0.100. The van der Waals surface area contributed by atoms with E-state index in [1.54, 1.807) is 24.3 Å². The van der Waals surface area contributed by atoms with Crippen LogP contribution in [-0.2, 0) is 18.6 Å². The molecule has 0 saturated carbocycles. The van der Waals surface area contributed by atoms with Crippen LogP contribution in [0.4, 0.5) is 0 Å². The maximum absolute atomic E-state index is 13.8. The molecule has 4 nitrogen and oxygen atoms in total. The largest absolute Gasteiger partial charge is 0.366 e. The molecule has 0 radical (unpaired) electrons. The second-order valence-corrected chi connectivity index (χ2v) is 8.33. The molecular formula is C26H19NO3. The highest BCUT2D eigenvalue weighted by molar-refractivity contribution is 6.07. The van der Waals surface area contributed by atoms with Crippen molar-refractivity contribution >= 4 is 16.6 Å². The van der Waals surface area contributed by atoms with Crippen molar-refractivity contribution in [3.63, 3.8) is 0 Å². The van der Waals surface area contributed by atoms with E-state index in [2.05, 4.69) is 0 Å². The normalized spacial score (nSPS) is 24.0. The predicted molar refractivity (Wildman–Crippen MR) is 115 cm³/mol. The van der Waals surface area contributed by atoms with Gasteiger partial charge in [0.2, 0.25) is 0 Å². The van der Waals surface area contributed by atoms with Gasteiger partial charge in [-0.1, -0.05) is 72.8 Å². The maximum Gasteiger partial charge on any atom is 0.261 e. The Kier molecular flexibility index (Phi) is 3.34. The monoisotopic (exact) mass is 393 g/mol. The molecule has 0 fully saturated rings. The Labute approximate surface area is 173 Å². The number of nitrogens with zero attached hydrogens (tertiary/aromatic N) is 1. The van der Waals surface area contributed by atoms with E-state index in [1.165, 1.54) is 4.57 Å². The number of aromatic nitrogens is 1. The molecule has 0 saturated heterocycles. The number of benzene rings is 3. The Hall–Kier alpha value is -3.50. The first kappa shape index (κ1) is 17.4. The van der Waals surface area contributed by atoms with Gasteiger partial charge in [-0.2, -0.15) is 0 Å². The summed E-state index contributed by atoms with van der Waals surface area (Å²) in [6.07, 6.45) is 0.668. The molecule has 3 aromatic carbocycles. The lowest BCUT2D eigenvalue weighted by Gasteiger charge is -2.36. The van der Waals surface area contributed by atoms with Gasteiger partial charge in [-0.3, -0.25) is 14.2 Å². The summed E-state index contributed by atoms with van der Waals surface area (Å²) in [5.41, 5.74) is -0.453. The molecule has 6 rings (SSSR count). The van der Waals surface area contributed by atoms with Crippen LogP contribution in [0.25, 0.3) is 10.8 Å². The van der Waals surface area contributed by atoms with E-state index in [9.17, 15) is 14.7 Å². The van der Waals surface area contributed by atoms with Crippen molar-refractivity contribution in [2.45, 2.75) is 18.6 Å². The van der Waals surface area contributed by atoms with E-state index >= 15 is 0 Å². The number of carbonyl (C=O) groups is 1. The van der Waals surface area contributed by atoms with E-state index in [0.717, 1.165) is 10.9 Å². The number of carbonyl (C=O) groups excluding carboxylic acids is 1. The molecule has 1 N–H and O–H groups in total. The fraction of sp³-hybridized carbons (Fsp3) is 0.154. The van der Waals surface area contributed by atoms with E-state index in [1.807, 2.05) is 60.7 Å². The van der Waals surface area contributed by atoms with Crippen molar-refractivity contribution in [3.8, 4) is 0 Å². The number of hydrogen-bond donors (Lipinski definition) is 1. The summed E-state index contributed by atoms with van der Waals surface area (Å²) < 4.78 is 1.47. The van der Waals surface area contributed by atoms with Crippen molar-refractivity contribution in [3.05, 3.63) is 118 Å². The van der Waals surface area contributed by atoms with Gasteiger partial charge in [-0.25, -0.2) is 0 Å². The highest BCUT2D eigenvalue weighted by Crippen LogP contribution is 2.58. The molecule has 2 atom stereocenters. The number of aliphatic hydroxyl groups is 1. The molecule has 0 spiro atoms. The lowest BCUT2D eigenvalue weighted by Crippen LogP contribution is -2.51. The third-order valence-corrected chi connectivity index (χ3v) is 6.81. The molecule has 146 valence electrons. The van der Waals surface area contributed by atoms with E-state index in [4.69, 9.17) is 0 Å². The lowest BCUT2D eigenvalue weighted by molar-refractivity contribution is -0.0675. The van der Waals surface area contributed by atoms with Gasteiger partial charge in [0.1, 0.15) is 0 Å². The van der Waals surface area contributed by atoms with Crippen LogP contribution in [0.2, 0.25) is 0 Å². The van der Waals surface area contributed by atoms with Gasteiger partial charge in [0, 0.05) is 28.6 Å². The first-order valence-electron chi connectivity index (χ1n) is 10.1. The third-order valence-electron chi connectivity index (χ3n) is 6.81. The smallest absolute Gasteiger partial charge is 0.261 e. The molecular weight excluding hydrogens is 374 g/mol. The van der Waals surface area contributed by atoms with Gasteiger partial charge in [-0.15, -0.1) is 0 Å². The minimum atomic E-state index is -1.72. The second kappa shape index (κ2) is 5.77.